The van der Waals surface area contributed by atoms with E-state index in [0.29, 0.717) is 29.9 Å². The standard InChI is InChI=1S/C47H47N3O6/c1-29-43(46(2,3)32-18-21-35(55-4)22-19-32)40(26-41(52)48-24-10-15-34(48)28-51)56-47(29)37-25-33(20-23-38(37)49(45(47)54)27-30-11-6-5-7-12-30)50-39-17-9-14-31-13-8-16-36(42(31)39)44(50)53/h5-9,11-14,16-23,25,29,34,40,43,51H,10,15,24,26-28H2,1-4H3/t29-,34-,40+,43-,47+/m0/s1. The maximum atomic E-state index is 15.5. The number of aliphatic hydroxyl groups is 1. The Labute approximate surface area is 327 Å². The first kappa shape index (κ1) is 36.1. The molecular weight excluding hydrogens is 703 g/mol. The summed E-state index contributed by atoms with van der Waals surface area (Å²) in [6.45, 7) is 7.25. The van der Waals surface area contributed by atoms with E-state index in [1.165, 1.54) is 0 Å². The molecule has 286 valence electrons. The van der Waals surface area contributed by atoms with Gasteiger partial charge < -0.3 is 24.4 Å². The number of carbonyl (C=O) groups is 3. The Morgan fingerprint density at radius 2 is 1.68 bits per heavy atom. The molecule has 9 nitrogen and oxygen atoms in total. The zero-order valence-electron chi connectivity index (χ0n) is 32.3. The van der Waals surface area contributed by atoms with Crippen molar-refractivity contribution in [3.63, 3.8) is 0 Å². The minimum absolute atomic E-state index is 0.0652. The van der Waals surface area contributed by atoms with Crippen LogP contribution in [-0.4, -0.2) is 60.1 Å². The van der Waals surface area contributed by atoms with Gasteiger partial charge in [0.2, 0.25) is 5.91 Å². The quantitative estimate of drug-likeness (QED) is 0.165. The van der Waals surface area contributed by atoms with E-state index in [2.05, 4.69) is 32.9 Å². The van der Waals surface area contributed by atoms with Gasteiger partial charge >= 0.3 is 0 Å². The van der Waals surface area contributed by atoms with E-state index >= 15 is 4.79 Å². The number of aliphatic hydroxyl groups excluding tert-OH is 1. The van der Waals surface area contributed by atoms with E-state index in [4.69, 9.17) is 9.47 Å². The predicted octanol–water partition coefficient (Wildman–Crippen LogP) is 7.88. The summed E-state index contributed by atoms with van der Waals surface area (Å²) < 4.78 is 12.8. The number of rotatable bonds is 9. The molecule has 0 aromatic heterocycles. The Bertz CT molecular complexity index is 2350. The second kappa shape index (κ2) is 13.6. The van der Waals surface area contributed by atoms with E-state index in [1.54, 1.807) is 16.9 Å². The fourth-order valence-corrected chi connectivity index (χ4v) is 10.4. The Hall–Kier alpha value is -5.51. The van der Waals surface area contributed by atoms with E-state index in [-0.39, 0.29) is 42.7 Å². The van der Waals surface area contributed by atoms with Crippen molar-refractivity contribution in [1.82, 2.24) is 4.90 Å². The summed E-state index contributed by atoms with van der Waals surface area (Å²) in [7, 11) is 1.64. The van der Waals surface area contributed by atoms with Crippen molar-refractivity contribution in [1.29, 1.82) is 0 Å². The molecule has 4 aliphatic rings. The van der Waals surface area contributed by atoms with Gasteiger partial charge in [0.05, 0.1) is 55.8 Å². The summed E-state index contributed by atoms with van der Waals surface area (Å²) in [5, 5.41) is 12.0. The molecular formula is C47H47N3O6. The molecule has 1 N–H and O–H groups in total. The third kappa shape index (κ3) is 5.39. The van der Waals surface area contributed by atoms with Crippen LogP contribution in [-0.2, 0) is 31.9 Å². The normalized spacial score (nSPS) is 24.2. The molecule has 3 amide bonds. The average molecular weight is 750 g/mol. The molecule has 2 saturated heterocycles. The molecule has 56 heavy (non-hydrogen) atoms. The monoisotopic (exact) mass is 749 g/mol. The summed E-state index contributed by atoms with van der Waals surface area (Å²) >= 11 is 0. The summed E-state index contributed by atoms with van der Waals surface area (Å²) in [6.07, 6.45) is 1.01. The van der Waals surface area contributed by atoms with E-state index in [1.807, 2.05) is 102 Å². The molecule has 1 spiro atoms. The highest BCUT2D eigenvalue weighted by atomic mass is 16.5. The number of ether oxygens (including phenoxy) is 2. The van der Waals surface area contributed by atoms with Crippen LogP contribution in [0.25, 0.3) is 10.8 Å². The molecule has 0 unspecified atom stereocenters. The Morgan fingerprint density at radius 1 is 0.929 bits per heavy atom. The van der Waals surface area contributed by atoms with Gasteiger partial charge in [0.1, 0.15) is 5.75 Å². The minimum atomic E-state index is -1.46. The number of nitrogens with zero attached hydrogens (tertiary/aromatic N) is 3. The van der Waals surface area contributed by atoms with Crippen molar-refractivity contribution in [3.8, 4) is 5.75 Å². The molecule has 5 atom stereocenters. The van der Waals surface area contributed by atoms with Crippen LogP contribution in [0.1, 0.15) is 67.1 Å². The lowest BCUT2D eigenvalue weighted by Gasteiger charge is -2.39. The molecule has 9 rings (SSSR count). The summed E-state index contributed by atoms with van der Waals surface area (Å²) in [4.78, 5) is 49.3. The topological polar surface area (TPSA) is 99.6 Å². The summed E-state index contributed by atoms with van der Waals surface area (Å²) in [6, 6.07) is 35.3. The average Bonchev–Trinajstić information content (AvgIpc) is 3.95. The maximum Gasteiger partial charge on any atom is 0.264 e. The van der Waals surface area contributed by atoms with Crippen molar-refractivity contribution in [3.05, 3.63) is 131 Å². The SMILES string of the molecule is COc1ccc(C(C)(C)[C@@H]2[C@@H](CC(=O)N3CCC[C@H]3CO)O[C@]3(C(=O)N(Cc4ccccc4)c4ccc(N5C(=O)c6cccc7cccc5c67)cc43)[C@H]2C)cc1. The van der Waals surface area contributed by atoms with Crippen molar-refractivity contribution in [2.24, 2.45) is 11.8 Å². The first-order valence-corrected chi connectivity index (χ1v) is 19.7. The van der Waals surface area contributed by atoms with Gasteiger partial charge in [0.25, 0.3) is 11.8 Å². The molecule has 5 aromatic carbocycles. The Kier molecular flexibility index (Phi) is 8.78. The van der Waals surface area contributed by atoms with Crippen molar-refractivity contribution in [2.45, 2.75) is 69.7 Å². The van der Waals surface area contributed by atoms with Crippen LogP contribution >= 0.6 is 0 Å². The minimum Gasteiger partial charge on any atom is -0.497 e. The molecule has 0 radical (unpaired) electrons. The lowest BCUT2D eigenvalue weighted by Crippen LogP contribution is -2.46. The fourth-order valence-electron chi connectivity index (χ4n) is 10.4. The second-order valence-corrected chi connectivity index (χ2v) is 16.3. The van der Waals surface area contributed by atoms with E-state index in [9.17, 15) is 14.7 Å². The molecule has 5 aromatic rings. The third-order valence-corrected chi connectivity index (χ3v) is 13.1. The van der Waals surface area contributed by atoms with Crippen molar-refractivity contribution < 1.29 is 29.0 Å². The molecule has 2 fully saturated rings. The number of carbonyl (C=O) groups excluding carboxylic acids is 3. The molecule has 4 heterocycles. The summed E-state index contributed by atoms with van der Waals surface area (Å²) in [5.74, 6) is -0.339. The van der Waals surface area contributed by atoms with Gasteiger partial charge in [-0.15, -0.1) is 0 Å². The highest BCUT2D eigenvalue weighted by Gasteiger charge is 2.66. The molecule has 0 aliphatic carbocycles. The number of methoxy groups -OCH3 is 1. The number of hydrogen-bond donors (Lipinski definition) is 1. The van der Waals surface area contributed by atoms with Gasteiger partial charge in [-0.2, -0.15) is 0 Å². The van der Waals surface area contributed by atoms with Crippen molar-refractivity contribution >= 4 is 45.6 Å². The second-order valence-electron chi connectivity index (χ2n) is 16.3. The highest BCUT2D eigenvalue weighted by Crippen LogP contribution is 2.61. The van der Waals surface area contributed by atoms with Gasteiger partial charge in [-0.1, -0.05) is 87.5 Å². The van der Waals surface area contributed by atoms with Crippen LogP contribution in [0.5, 0.6) is 5.75 Å². The van der Waals surface area contributed by atoms with Gasteiger partial charge in [0, 0.05) is 35.0 Å². The number of likely N-dealkylation sites (tertiary alicyclic amines) is 1. The zero-order chi connectivity index (χ0) is 38.9. The Balaban J connectivity index is 1.19. The first-order chi connectivity index (χ1) is 27.1. The summed E-state index contributed by atoms with van der Waals surface area (Å²) in [5.41, 5.74) is 3.51. The van der Waals surface area contributed by atoms with Crippen LogP contribution in [0.3, 0.4) is 0 Å². The molecule has 9 heteroatoms. The largest absolute Gasteiger partial charge is 0.497 e. The number of fused-ring (bicyclic) bond motifs is 2. The number of benzene rings is 5. The lowest BCUT2D eigenvalue weighted by atomic mass is 9.63. The van der Waals surface area contributed by atoms with Gasteiger partial charge in [-0.25, -0.2) is 0 Å². The van der Waals surface area contributed by atoms with Gasteiger partial charge in [-0.3, -0.25) is 19.3 Å². The maximum absolute atomic E-state index is 15.5. The van der Waals surface area contributed by atoms with Crippen LogP contribution in [0.4, 0.5) is 17.1 Å². The van der Waals surface area contributed by atoms with Crippen LogP contribution < -0.4 is 14.5 Å². The molecule has 0 bridgehead atoms. The number of anilines is 3. The lowest BCUT2D eigenvalue weighted by molar-refractivity contribution is -0.150. The van der Waals surface area contributed by atoms with Crippen LogP contribution in [0.15, 0.2) is 109 Å². The predicted molar refractivity (Wildman–Crippen MR) is 216 cm³/mol. The number of hydrogen-bond acceptors (Lipinski definition) is 6. The highest BCUT2D eigenvalue weighted by molar-refractivity contribution is 6.28. The molecule has 4 aliphatic heterocycles. The van der Waals surface area contributed by atoms with E-state index < -0.39 is 23.0 Å². The Morgan fingerprint density at radius 3 is 2.41 bits per heavy atom. The first-order valence-electron chi connectivity index (χ1n) is 19.7. The van der Waals surface area contributed by atoms with Gasteiger partial charge in [-0.05, 0) is 77.2 Å². The van der Waals surface area contributed by atoms with Gasteiger partial charge in [0.15, 0.2) is 5.60 Å². The van der Waals surface area contributed by atoms with Crippen LogP contribution in [0.2, 0.25) is 0 Å². The molecule has 0 saturated carbocycles. The van der Waals surface area contributed by atoms with E-state index in [0.717, 1.165) is 51.9 Å². The zero-order valence-corrected chi connectivity index (χ0v) is 32.3. The van der Waals surface area contributed by atoms with Crippen molar-refractivity contribution in [2.75, 3.05) is 30.1 Å². The third-order valence-electron chi connectivity index (χ3n) is 13.1. The number of amides is 3. The smallest absolute Gasteiger partial charge is 0.264 e. The van der Waals surface area contributed by atoms with Crippen LogP contribution in [0, 0.1) is 11.8 Å². The fraction of sp³-hybridized carbons (Fsp3) is 0.340.